The van der Waals surface area contributed by atoms with Gasteiger partial charge in [0.25, 0.3) is 0 Å². The maximum absolute atomic E-state index is 14.2. The van der Waals surface area contributed by atoms with E-state index >= 15 is 0 Å². The Morgan fingerprint density at radius 3 is 2.47 bits per heavy atom. The van der Waals surface area contributed by atoms with Crippen LogP contribution in [0.4, 0.5) is 4.39 Å². The standard InChI is InChI=1S/C16H21F/c1-4-13(3)16(9-5-6-10-16)14-8-7-12(2)11-15(14)17/h4,7-8,11H,5-6,9-10H2,1-3H3/b13-4+. The van der Waals surface area contributed by atoms with Crippen LogP contribution < -0.4 is 0 Å². The number of aryl methyl sites for hydroxylation is 1. The SMILES string of the molecule is C/C=C(\C)C1(c2ccc(C)cc2F)CCCC1. The molecule has 0 aromatic heterocycles. The zero-order valence-corrected chi connectivity index (χ0v) is 11.0. The van der Waals surface area contributed by atoms with Crippen molar-refractivity contribution in [3.05, 3.63) is 46.8 Å². The van der Waals surface area contributed by atoms with Gasteiger partial charge in [0.15, 0.2) is 0 Å². The lowest BCUT2D eigenvalue weighted by Gasteiger charge is -2.31. The lowest BCUT2D eigenvalue weighted by molar-refractivity contribution is 0.480. The van der Waals surface area contributed by atoms with Crippen LogP contribution in [0.5, 0.6) is 0 Å². The van der Waals surface area contributed by atoms with E-state index in [-0.39, 0.29) is 11.2 Å². The van der Waals surface area contributed by atoms with E-state index in [9.17, 15) is 4.39 Å². The van der Waals surface area contributed by atoms with Gasteiger partial charge in [-0.2, -0.15) is 0 Å². The molecule has 0 atom stereocenters. The quantitative estimate of drug-likeness (QED) is 0.635. The van der Waals surface area contributed by atoms with Crippen LogP contribution >= 0.6 is 0 Å². The number of hydrogen-bond donors (Lipinski definition) is 0. The number of benzene rings is 1. The van der Waals surface area contributed by atoms with Gasteiger partial charge in [-0.05, 0) is 50.8 Å². The molecular formula is C16H21F. The Labute approximate surface area is 104 Å². The molecule has 0 bridgehead atoms. The fourth-order valence-electron chi connectivity index (χ4n) is 3.14. The van der Waals surface area contributed by atoms with Gasteiger partial charge in [0.2, 0.25) is 0 Å². The molecule has 0 saturated heterocycles. The second kappa shape index (κ2) is 4.64. The summed E-state index contributed by atoms with van der Waals surface area (Å²) in [6, 6.07) is 5.68. The van der Waals surface area contributed by atoms with E-state index in [0.29, 0.717) is 0 Å². The predicted molar refractivity (Wildman–Crippen MR) is 70.7 cm³/mol. The van der Waals surface area contributed by atoms with Crippen molar-refractivity contribution in [3.8, 4) is 0 Å². The largest absolute Gasteiger partial charge is 0.207 e. The Morgan fingerprint density at radius 2 is 1.94 bits per heavy atom. The molecule has 0 nitrogen and oxygen atoms in total. The third kappa shape index (κ3) is 2.03. The van der Waals surface area contributed by atoms with Crippen LogP contribution in [0.2, 0.25) is 0 Å². The van der Waals surface area contributed by atoms with Crippen LogP contribution in [0.3, 0.4) is 0 Å². The van der Waals surface area contributed by atoms with Gasteiger partial charge in [0.05, 0.1) is 0 Å². The van der Waals surface area contributed by atoms with Gasteiger partial charge in [0.1, 0.15) is 5.82 Å². The minimum absolute atomic E-state index is 0.0342. The summed E-state index contributed by atoms with van der Waals surface area (Å²) in [6.07, 6.45) is 6.73. The van der Waals surface area contributed by atoms with E-state index < -0.39 is 0 Å². The Kier molecular flexibility index (Phi) is 3.37. The van der Waals surface area contributed by atoms with Crippen molar-refractivity contribution in [2.24, 2.45) is 0 Å². The van der Waals surface area contributed by atoms with E-state index in [1.165, 1.54) is 18.4 Å². The zero-order chi connectivity index (χ0) is 12.5. The molecule has 1 aliphatic carbocycles. The molecule has 1 saturated carbocycles. The summed E-state index contributed by atoms with van der Waals surface area (Å²) in [5, 5.41) is 0. The number of halogens is 1. The molecule has 0 aliphatic heterocycles. The molecule has 0 N–H and O–H groups in total. The number of hydrogen-bond acceptors (Lipinski definition) is 0. The Morgan fingerprint density at radius 1 is 1.29 bits per heavy atom. The fraction of sp³-hybridized carbons (Fsp3) is 0.500. The topological polar surface area (TPSA) is 0 Å². The molecule has 1 aromatic rings. The normalized spacial score (nSPS) is 19.6. The van der Waals surface area contributed by atoms with E-state index in [0.717, 1.165) is 24.0 Å². The van der Waals surface area contributed by atoms with Crippen molar-refractivity contribution in [2.75, 3.05) is 0 Å². The Balaban J connectivity index is 2.54. The number of rotatable bonds is 2. The van der Waals surface area contributed by atoms with Crippen LogP contribution in [0.15, 0.2) is 29.8 Å². The first kappa shape index (κ1) is 12.3. The third-order valence-corrected chi connectivity index (χ3v) is 4.29. The maximum atomic E-state index is 14.2. The van der Waals surface area contributed by atoms with Gasteiger partial charge >= 0.3 is 0 Å². The molecule has 92 valence electrons. The third-order valence-electron chi connectivity index (χ3n) is 4.29. The van der Waals surface area contributed by atoms with Crippen LogP contribution in [0.1, 0.15) is 50.7 Å². The molecule has 0 amide bonds. The highest BCUT2D eigenvalue weighted by Crippen LogP contribution is 2.47. The first-order valence-electron chi connectivity index (χ1n) is 6.50. The van der Waals surface area contributed by atoms with Crippen molar-refractivity contribution in [1.29, 1.82) is 0 Å². The maximum Gasteiger partial charge on any atom is 0.127 e. The summed E-state index contributed by atoms with van der Waals surface area (Å²) < 4.78 is 14.2. The average Bonchev–Trinajstić information content (AvgIpc) is 2.78. The summed E-state index contributed by atoms with van der Waals surface area (Å²) >= 11 is 0. The summed E-state index contributed by atoms with van der Waals surface area (Å²) in [7, 11) is 0. The molecule has 0 radical (unpaired) electrons. The van der Waals surface area contributed by atoms with E-state index in [4.69, 9.17) is 0 Å². The average molecular weight is 232 g/mol. The van der Waals surface area contributed by atoms with Crippen LogP contribution in [-0.2, 0) is 5.41 Å². The first-order valence-corrected chi connectivity index (χ1v) is 6.50. The summed E-state index contributed by atoms with van der Waals surface area (Å²) in [4.78, 5) is 0. The highest BCUT2D eigenvalue weighted by molar-refractivity contribution is 5.39. The lowest BCUT2D eigenvalue weighted by atomic mass is 9.73. The molecule has 1 aromatic carbocycles. The molecule has 2 rings (SSSR count). The molecule has 1 heteroatoms. The van der Waals surface area contributed by atoms with Crippen molar-refractivity contribution >= 4 is 0 Å². The van der Waals surface area contributed by atoms with E-state index in [2.05, 4.69) is 19.9 Å². The Hall–Kier alpha value is -1.11. The second-order valence-corrected chi connectivity index (χ2v) is 5.24. The van der Waals surface area contributed by atoms with E-state index in [1.54, 1.807) is 6.07 Å². The molecular weight excluding hydrogens is 211 g/mol. The van der Waals surface area contributed by atoms with E-state index in [1.807, 2.05) is 19.1 Å². The summed E-state index contributed by atoms with van der Waals surface area (Å²) in [6.45, 7) is 6.14. The van der Waals surface area contributed by atoms with Gasteiger partial charge in [-0.3, -0.25) is 0 Å². The molecule has 0 spiro atoms. The lowest BCUT2D eigenvalue weighted by Crippen LogP contribution is -2.25. The molecule has 0 unspecified atom stereocenters. The fourth-order valence-corrected chi connectivity index (χ4v) is 3.14. The van der Waals surface area contributed by atoms with Crippen LogP contribution in [0.25, 0.3) is 0 Å². The smallest absolute Gasteiger partial charge is 0.127 e. The molecule has 1 fully saturated rings. The molecule has 17 heavy (non-hydrogen) atoms. The first-order chi connectivity index (χ1) is 8.10. The Bertz CT molecular complexity index is 437. The van der Waals surface area contributed by atoms with Gasteiger partial charge in [-0.1, -0.05) is 36.6 Å². The van der Waals surface area contributed by atoms with Gasteiger partial charge < -0.3 is 0 Å². The second-order valence-electron chi connectivity index (χ2n) is 5.24. The molecule has 0 heterocycles. The van der Waals surface area contributed by atoms with Crippen molar-refractivity contribution in [2.45, 2.75) is 51.9 Å². The minimum atomic E-state index is -0.0352. The zero-order valence-electron chi connectivity index (χ0n) is 11.0. The van der Waals surface area contributed by atoms with Gasteiger partial charge in [-0.15, -0.1) is 0 Å². The highest BCUT2D eigenvalue weighted by atomic mass is 19.1. The van der Waals surface area contributed by atoms with Gasteiger partial charge in [-0.25, -0.2) is 4.39 Å². The summed E-state index contributed by atoms with van der Waals surface area (Å²) in [5.41, 5.74) is 3.18. The number of allylic oxidation sites excluding steroid dienone is 2. The van der Waals surface area contributed by atoms with Crippen molar-refractivity contribution < 1.29 is 4.39 Å². The highest BCUT2D eigenvalue weighted by Gasteiger charge is 2.38. The predicted octanol–water partition coefficient (Wildman–Crippen LogP) is 4.91. The van der Waals surface area contributed by atoms with Crippen molar-refractivity contribution in [1.82, 2.24) is 0 Å². The van der Waals surface area contributed by atoms with Crippen molar-refractivity contribution in [3.63, 3.8) is 0 Å². The van der Waals surface area contributed by atoms with Crippen LogP contribution in [-0.4, -0.2) is 0 Å². The molecule has 1 aliphatic rings. The summed E-state index contributed by atoms with van der Waals surface area (Å²) in [5.74, 6) is -0.0342. The van der Waals surface area contributed by atoms with Crippen LogP contribution in [0, 0.1) is 12.7 Å². The van der Waals surface area contributed by atoms with Gasteiger partial charge in [0, 0.05) is 5.41 Å². The minimum Gasteiger partial charge on any atom is -0.207 e. The monoisotopic (exact) mass is 232 g/mol.